The maximum atomic E-state index is 3.20. The fourth-order valence-electron chi connectivity index (χ4n) is 1.97. The summed E-state index contributed by atoms with van der Waals surface area (Å²) >= 11 is 0. The molecule has 2 heteroatoms. The molecule has 0 bridgehead atoms. The average Bonchev–Trinajstić information content (AvgIpc) is 2.62. The van der Waals surface area contributed by atoms with Crippen LogP contribution in [-0.2, 0) is 6.42 Å². The summed E-state index contributed by atoms with van der Waals surface area (Å²) in [4.78, 5) is 0. The van der Waals surface area contributed by atoms with E-state index in [-0.39, 0.29) is 0 Å². The largest absolute Gasteiger partial charge is 0.321 e. The molecule has 1 aliphatic carbocycles. The van der Waals surface area contributed by atoms with Crippen LogP contribution in [0.2, 0.25) is 0 Å². The van der Waals surface area contributed by atoms with E-state index in [9.17, 15) is 0 Å². The first-order chi connectivity index (χ1) is 5.95. The third-order valence-corrected chi connectivity index (χ3v) is 2.56. The Morgan fingerprint density at radius 2 is 2.08 bits per heavy atom. The predicted molar refractivity (Wildman–Crippen MR) is 48.2 cm³/mol. The fourth-order valence-corrected chi connectivity index (χ4v) is 1.97. The SMILES string of the molecule is c1ccc2c(c1)CC1=C2NNC1. The molecule has 0 atom stereocenters. The summed E-state index contributed by atoms with van der Waals surface area (Å²) in [7, 11) is 0. The third-order valence-electron chi connectivity index (χ3n) is 2.56. The van der Waals surface area contributed by atoms with Crippen LogP contribution in [0.3, 0.4) is 0 Å². The molecule has 0 radical (unpaired) electrons. The molecule has 0 spiro atoms. The van der Waals surface area contributed by atoms with Crippen LogP contribution in [-0.4, -0.2) is 6.54 Å². The molecule has 0 unspecified atom stereocenters. The highest BCUT2D eigenvalue weighted by molar-refractivity contribution is 5.76. The first kappa shape index (κ1) is 6.26. The highest BCUT2D eigenvalue weighted by Crippen LogP contribution is 2.31. The van der Waals surface area contributed by atoms with Crippen molar-refractivity contribution in [1.29, 1.82) is 0 Å². The van der Waals surface area contributed by atoms with Crippen LogP contribution in [0.5, 0.6) is 0 Å². The van der Waals surface area contributed by atoms with E-state index >= 15 is 0 Å². The number of benzene rings is 1. The van der Waals surface area contributed by atoms with Gasteiger partial charge in [0, 0.05) is 12.1 Å². The lowest BCUT2D eigenvalue weighted by molar-refractivity contribution is 0.722. The number of nitrogens with one attached hydrogen (secondary N) is 2. The van der Waals surface area contributed by atoms with Crippen LogP contribution in [0, 0.1) is 0 Å². The molecular weight excluding hydrogens is 148 g/mol. The standard InChI is InChI=1S/C10H10N2/c1-2-4-9-7(3-1)5-8-6-11-12-10(8)9/h1-4,11-12H,5-6H2. The van der Waals surface area contributed by atoms with Crippen molar-refractivity contribution in [3.63, 3.8) is 0 Å². The third kappa shape index (κ3) is 0.676. The molecule has 1 aromatic carbocycles. The minimum atomic E-state index is 0.990. The Balaban J connectivity index is 2.18. The van der Waals surface area contributed by atoms with Gasteiger partial charge in [-0.05, 0) is 17.6 Å². The van der Waals surface area contributed by atoms with Gasteiger partial charge in [-0.15, -0.1) is 0 Å². The van der Waals surface area contributed by atoms with Gasteiger partial charge in [-0.2, -0.15) is 0 Å². The van der Waals surface area contributed by atoms with Crippen molar-refractivity contribution in [3.05, 3.63) is 41.0 Å². The maximum Gasteiger partial charge on any atom is 0.0571 e. The lowest BCUT2D eigenvalue weighted by Crippen LogP contribution is -2.24. The van der Waals surface area contributed by atoms with Crippen molar-refractivity contribution in [2.75, 3.05) is 6.54 Å². The summed E-state index contributed by atoms with van der Waals surface area (Å²) in [6.45, 7) is 0.990. The summed E-state index contributed by atoms with van der Waals surface area (Å²) in [6.07, 6.45) is 1.12. The second-order valence-corrected chi connectivity index (χ2v) is 3.29. The molecule has 0 amide bonds. The fraction of sp³-hybridized carbons (Fsp3) is 0.200. The zero-order chi connectivity index (χ0) is 7.97. The van der Waals surface area contributed by atoms with Gasteiger partial charge in [-0.3, -0.25) is 0 Å². The molecule has 3 rings (SSSR count). The van der Waals surface area contributed by atoms with E-state index in [1.807, 2.05) is 0 Å². The highest BCUT2D eigenvalue weighted by Gasteiger charge is 2.23. The van der Waals surface area contributed by atoms with Crippen molar-refractivity contribution in [2.45, 2.75) is 6.42 Å². The van der Waals surface area contributed by atoms with Crippen LogP contribution in [0.1, 0.15) is 11.1 Å². The van der Waals surface area contributed by atoms with E-state index < -0.39 is 0 Å². The zero-order valence-electron chi connectivity index (χ0n) is 6.72. The lowest BCUT2D eigenvalue weighted by atomic mass is 10.1. The number of hydrogen-bond acceptors (Lipinski definition) is 2. The summed E-state index contributed by atoms with van der Waals surface area (Å²) in [5, 5.41) is 0. The van der Waals surface area contributed by atoms with Crippen molar-refractivity contribution in [1.82, 2.24) is 10.9 Å². The Hall–Kier alpha value is -1.28. The molecule has 0 saturated carbocycles. The number of hydrogen-bond donors (Lipinski definition) is 2. The molecule has 60 valence electrons. The average molecular weight is 158 g/mol. The van der Waals surface area contributed by atoms with E-state index in [2.05, 4.69) is 35.1 Å². The minimum absolute atomic E-state index is 0.990. The second-order valence-electron chi connectivity index (χ2n) is 3.29. The summed E-state index contributed by atoms with van der Waals surface area (Å²) in [6, 6.07) is 8.58. The number of fused-ring (bicyclic) bond motifs is 2. The molecule has 0 saturated heterocycles. The van der Waals surface area contributed by atoms with Gasteiger partial charge in [0.15, 0.2) is 0 Å². The minimum Gasteiger partial charge on any atom is -0.321 e. The number of rotatable bonds is 0. The molecule has 2 N–H and O–H groups in total. The second kappa shape index (κ2) is 2.11. The molecule has 0 fully saturated rings. The van der Waals surface area contributed by atoms with Crippen molar-refractivity contribution >= 4 is 5.70 Å². The van der Waals surface area contributed by atoms with E-state index in [4.69, 9.17) is 0 Å². The van der Waals surface area contributed by atoms with Crippen molar-refractivity contribution in [3.8, 4) is 0 Å². The van der Waals surface area contributed by atoms with Crippen LogP contribution < -0.4 is 10.9 Å². The van der Waals surface area contributed by atoms with Gasteiger partial charge < -0.3 is 5.43 Å². The molecule has 12 heavy (non-hydrogen) atoms. The van der Waals surface area contributed by atoms with Gasteiger partial charge in [-0.1, -0.05) is 24.3 Å². The molecule has 2 aliphatic rings. The molecular formula is C10H10N2. The van der Waals surface area contributed by atoms with Gasteiger partial charge in [0.25, 0.3) is 0 Å². The van der Waals surface area contributed by atoms with Gasteiger partial charge in [0.2, 0.25) is 0 Å². The molecule has 2 nitrogen and oxygen atoms in total. The lowest BCUT2D eigenvalue weighted by Gasteiger charge is -2.04. The first-order valence-corrected chi connectivity index (χ1v) is 4.24. The smallest absolute Gasteiger partial charge is 0.0571 e. The van der Waals surface area contributed by atoms with E-state index in [1.165, 1.54) is 22.4 Å². The number of hydrazine groups is 1. The zero-order valence-corrected chi connectivity index (χ0v) is 6.72. The normalized spacial score (nSPS) is 19.0. The van der Waals surface area contributed by atoms with Gasteiger partial charge in [-0.25, -0.2) is 5.43 Å². The topological polar surface area (TPSA) is 24.1 Å². The Morgan fingerprint density at radius 3 is 3.08 bits per heavy atom. The molecule has 1 aromatic rings. The highest BCUT2D eigenvalue weighted by atomic mass is 15.4. The van der Waals surface area contributed by atoms with Crippen LogP contribution >= 0.6 is 0 Å². The van der Waals surface area contributed by atoms with Gasteiger partial charge >= 0.3 is 0 Å². The first-order valence-electron chi connectivity index (χ1n) is 4.24. The summed E-state index contributed by atoms with van der Waals surface area (Å²) in [5.74, 6) is 0. The Morgan fingerprint density at radius 1 is 1.17 bits per heavy atom. The Kier molecular flexibility index (Phi) is 1.10. The van der Waals surface area contributed by atoms with Gasteiger partial charge in [0.05, 0.1) is 5.70 Å². The van der Waals surface area contributed by atoms with Crippen LogP contribution in [0.4, 0.5) is 0 Å². The molecule has 1 aliphatic heterocycles. The summed E-state index contributed by atoms with van der Waals surface area (Å²) in [5.41, 5.74) is 12.0. The molecule has 0 aromatic heterocycles. The quantitative estimate of drug-likeness (QED) is 0.590. The van der Waals surface area contributed by atoms with Crippen molar-refractivity contribution < 1.29 is 0 Å². The Bertz CT molecular complexity index is 366. The van der Waals surface area contributed by atoms with E-state index in [0.717, 1.165) is 13.0 Å². The van der Waals surface area contributed by atoms with E-state index in [1.54, 1.807) is 0 Å². The van der Waals surface area contributed by atoms with Crippen LogP contribution in [0.25, 0.3) is 5.70 Å². The predicted octanol–water partition coefficient (Wildman–Crippen LogP) is 1.06. The monoisotopic (exact) mass is 158 g/mol. The van der Waals surface area contributed by atoms with Crippen molar-refractivity contribution in [2.24, 2.45) is 0 Å². The Labute approximate surface area is 71.3 Å². The van der Waals surface area contributed by atoms with Crippen LogP contribution in [0.15, 0.2) is 29.8 Å². The van der Waals surface area contributed by atoms with E-state index in [0.29, 0.717) is 0 Å². The molecule has 1 heterocycles. The maximum absolute atomic E-state index is 3.20. The van der Waals surface area contributed by atoms with Gasteiger partial charge in [0.1, 0.15) is 0 Å². The summed E-state index contributed by atoms with van der Waals surface area (Å²) < 4.78 is 0.